The van der Waals surface area contributed by atoms with E-state index in [9.17, 15) is 9.90 Å². The van der Waals surface area contributed by atoms with Gasteiger partial charge in [0.25, 0.3) is 0 Å². The smallest absolute Gasteiger partial charge is 0.347 e. The third-order valence-electron chi connectivity index (χ3n) is 3.37. The summed E-state index contributed by atoms with van der Waals surface area (Å²) in [6.45, 7) is 0. The summed E-state index contributed by atoms with van der Waals surface area (Å²) in [4.78, 5) is 19.5. The van der Waals surface area contributed by atoms with E-state index in [1.165, 1.54) is 12.1 Å². The van der Waals surface area contributed by atoms with E-state index < -0.39 is 5.63 Å². The zero-order chi connectivity index (χ0) is 14.4. The Balaban J connectivity index is 1.98. The van der Waals surface area contributed by atoms with Gasteiger partial charge in [-0.3, -0.25) is 0 Å². The van der Waals surface area contributed by atoms with Crippen molar-refractivity contribution in [1.29, 1.82) is 0 Å². The van der Waals surface area contributed by atoms with E-state index in [4.69, 9.17) is 4.42 Å². The lowest BCUT2D eigenvalue weighted by Crippen LogP contribution is -2.02. The summed E-state index contributed by atoms with van der Waals surface area (Å²) in [5.74, 6) is 0.240. The number of phenols is 1. The van der Waals surface area contributed by atoms with E-state index in [0.29, 0.717) is 11.2 Å². The van der Waals surface area contributed by atoms with E-state index in [-0.39, 0.29) is 17.0 Å². The normalized spacial score (nSPS) is 11.2. The molecule has 0 saturated carbocycles. The van der Waals surface area contributed by atoms with Crippen LogP contribution in [-0.2, 0) is 0 Å². The Bertz CT molecular complexity index is 997. The molecule has 0 spiro atoms. The standard InChI is InChI=1S/C16H10N2O3/c19-10-5-6-13-11(8-10)16(20)21-15(18-13)14-7-9-3-1-2-4-12(9)17-14/h1-8,17,19H. The van der Waals surface area contributed by atoms with Gasteiger partial charge in [-0.1, -0.05) is 18.2 Å². The summed E-state index contributed by atoms with van der Waals surface area (Å²) in [7, 11) is 0. The molecule has 0 atom stereocenters. The highest BCUT2D eigenvalue weighted by Crippen LogP contribution is 2.24. The number of aromatic amines is 1. The molecule has 0 amide bonds. The van der Waals surface area contributed by atoms with E-state index in [1.54, 1.807) is 6.07 Å². The quantitative estimate of drug-likeness (QED) is 0.561. The van der Waals surface area contributed by atoms with Gasteiger partial charge in [-0.15, -0.1) is 0 Å². The number of phenolic OH excluding ortho intramolecular Hbond substituents is 1. The largest absolute Gasteiger partial charge is 0.508 e. The molecule has 2 N–H and O–H groups in total. The number of hydrogen-bond donors (Lipinski definition) is 2. The SMILES string of the molecule is O=c1oc(-c2cc3ccccc3[nH]2)nc2ccc(O)cc12. The lowest BCUT2D eigenvalue weighted by Gasteiger charge is -2.00. The van der Waals surface area contributed by atoms with Gasteiger partial charge in [0.2, 0.25) is 5.89 Å². The number of aromatic nitrogens is 2. The highest BCUT2D eigenvalue weighted by atomic mass is 16.4. The number of H-pyrrole nitrogens is 1. The van der Waals surface area contributed by atoms with Gasteiger partial charge in [0, 0.05) is 10.9 Å². The summed E-state index contributed by atoms with van der Waals surface area (Å²) < 4.78 is 5.25. The number of benzene rings is 2. The fourth-order valence-electron chi connectivity index (χ4n) is 2.36. The number of rotatable bonds is 1. The fourth-order valence-corrected chi connectivity index (χ4v) is 2.36. The van der Waals surface area contributed by atoms with Gasteiger partial charge < -0.3 is 14.5 Å². The van der Waals surface area contributed by atoms with Gasteiger partial charge in [-0.05, 0) is 30.3 Å². The molecule has 0 fully saturated rings. The van der Waals surface area contributed by atoms with E-state index >= 15 is 0 Å². The average Bonchev–Trinajstić information content (AvgIpc) is 2.92. The highest BCUT2D eigenvalue weighted by Gasteiger charge is 2.11. The lowest BCUT2D eigenvalue weighted by molar-refractivity contribution is 0.474. The van der Waals surface area contributed by atoms with Gasteiger partial charge in [0.05, 0.1) is 10.9 Å². The molecule has 0 saturated heterocycles. The van der Waals surface area contributed by atoms with Crippen LogP contribution in [-0.4, -0.2) is 15.1 Å². The van der Waals surface area contributed by atoms with Crippen LogP contribution in [0.3, 0.4) is 0 Å². The molecular weight excluding hydrogens is 268 g/mol. The molecule has 0 bridgehead atoms. The maximum absolute atomic E-state index is 12.0. The summed E-state index contributed by atoms with van der Waals surface area (Å²) in [6.07, 6.45) is 0. The molecule has 21 heavy (non-hydrogen) atoms. The molecule has 4 aromatic rings. The summed E-state index contributed by atoms with van der Waals surface area (Å²) in [5, 5.41) is 10.7. The molecule has 5 heteroatoms. The van der Waals surface area contributed by atoms with Crippen LogP contribution >= 0.6 is 0 Å². The molecule has 2 aromatic heterocycles. The van der Waals surface area contributed by atoms with Crippen LogP contribution in [0.1, 0.15) is 0 Å². The van der Waals surface area contributed by atoms with Gasteiger partial charge in [0.15, 0.2) is 0 Å². The molecule has 0 aliphatic heterocycles. The van der Waals surface area contributed by atoms with Crippen molar-refractivity contribution in [2.75, 3.05) is 0 Å². The minimum atomic E-state index is -0.524. The van der Waals surface area contributed by atoms with Crippen LogP contribution in [0.4, 0.5) is 0 Å². The van der Waals surface area contributed by atoms with Gasteiger partial charge >= 0.3 is 5.63 Å². The maximum atomic E-state index is 12.0. The Morgan fingerprint density at radius 2 is 1.95 bits per heavy atom. The Kier molecular flexibility index (Phi) is 2.35. The van der Waals surface area contributed by atoms with Gasteiger partial charge in [-0.25, -0.2) is 9.78 Å². The topological polar surface area (TPSA) is 79.1 Å². The third-order valence-corrected chi connectivity index (χ3v) is 3.37. The minimum absolute atomic E-state index is 0.00922. The molecule has 102 valence electrons. The van der Waals surface area contributed by atoms with Crippen molar-refractivity contribution in [2.45, 2.75) is 0 Å². The Morgan fingerprint density at radius 3 is 2.81 bits per heavy atom. The number of nitrogens with one attached hydrogen (secondary N) is 1. The van der Waals surface area contributed by atoms with Gasteiger partial charge in [0.1, 0.15) is 11.4 Å². The van der Waals surface area contributed by atoms with E-state index in [2.05, 4.69) is 9.97 Å². The molecular formula is C16H10N2O3. The number of nitrogens with zero attached hydrogens (tertiary/aromatic N) is 1. The van der Waals surface area contributed by atoms with Crippen LogP contribution in [0.25, 0.3) is 33.4 Å². The fraction of sp³-hybridized carbons (Fsp3) is 0. The van der Waals surface area contributed by atoms with Crippen molar-refractivity contribution >= 4 is 21.8 Å². The second kappa shape index (κ2) is 4.21. The molecule has 0 unspecified atom stereocenters. The summed E-state index contributed by atoms with van der Waals surface area (Å²) in [5.41, 5.74) is 1.55. The third kappa shape index (κ3) is 1.87. The first kappa shape index (κ1) is 11.7. The zero-order valence-corrected chi connectivity index (χ0v) is 10.8. The molecule has 0 aliphatic carbocycles. The maximum Gasteiger partial charge on any atom is 0.347 e. The molecule has 2 heterocycles. The molecule has 0 radical (unpaired) electrons. The Morgan fingerprint density at radius 1 is 1.10 bits per heavy atom. The number of aromatic hydroxyl groups is 1. The van der Waals surface area contributed by atoms with E-state index in [0.717, 1.165) is 10.9 Å². The van der Waals surface area contributed by atoms with Crippen molar-refractivity contribution in [3.8, 4) is 17.3 Å². The highest BCUT2D eigenvalue weighted by molar-refractivity contribution is 5.85. The summed E-state index contributed by atoms with van der Waals surface area (Å²) >= 11 is 0. The van der Waals surface area contributed by atoms with Crippen LogP contribution < -0.4 is 5.63 Å². The first-order chi connectivity index (χ1) is 10.2. The van der Waals surface area contributed by atoms with Crippen molar-refractivity contribution < 1.29 is 9.52 Å². The lowest BCUT2D eigenvalue weighted by atomic mass is 10.2. The Hall–Kier alpha value is -3.08. The monoisotopic (exact) mass is 278 g/mol. The predicted octanol–water partition coefficient (Wildman–Crippen LogP) is 3.04. The van der Waals surface area contributed by atoms with Crippen LogP contribution in [0.5, 0.6) is 5.75 Å². The van der Waals surface area contributed by atoms with Gasteiger partial charge in [-0.2, -0.15) is 0 Å². The molecule has 2 aromatic carbocycles. The molecule has 4 rings (SSSR count). The average molecular weight is 278 g/mol. The van der Waals surface area contributed by atoms with Crippen molar-refractivity contribution in [2.24, 2.45) is 0 Å². The zero-order valence-electron chi connectivity index (χ0n) is 10.8. The number of para-hydroxylation sites is 1. The predicted molar refractivity (Wildman–Crippen MR) is 79.2 cm³/mol. The molecule has 0 aliphatic rings. The minimum Gasteiger partial charge on any atom is -0.508 e. The first-order valence-corrected chi connectivity index (χ1v) is 6.43. The Labute approximate surface area is 118 Å². The number of fused-ring (bicyclic) bond motifs is 2. The van der Waals surface area contributed by atoms with Crippen LogP contribution in [0, 0.1) is 0 Å². The number of hydrogen-bond acceptors (Lipinski definition) is 4. The van der Waals surface area contributed by atoms with Crippen molar-refractivity contribution in [3.63, 3.8) is 0 Å². The van der Waals surface area contributed by atoms with Crippen LogP contribution in [0.15, 0.2) is 57.7 Å². The summed E-state index contributed by atoms with van der Waals surface area (Å²) in [6, 6.07) is 14.1. The second-order valence-electron chi connectivity index (χ2n) is 4.78. The second-order valence-corrected chi connectivity index (χ2v) is 4.78. The molecule has 5 nitrogen and oxygen atoms in total. The van der Waals surface area contributed by atoms with Crippen molar-refractivity contribution in [3.05, 3.63) is 59.0 Å². The first-order valence-electron chi connectivity index (χ1n) is 6.43. The van der Waals surface area contributed by atoms with Crippen molar-refractivity contribution in [1.82, 2.24) is 9.97 Å². The van der Waals surface area contributed by atoms with Crippen LogP contribution in [0.2, 0.25) is 0 Å². The van der Waals surface area contributed by atoms with E-state index in [1.807, 2.05) is 30.3 Å².